The number of pyridine rings is 1. The van der Waals surface area contributed by atoms with Crippen LogP contribution in [0.25, 0.3) is 5.76 Å². The van der Waals surface area contributed by atoms with Crippen molar-refractivity contribution in [3.63, 3.8) is 0 Å². The van der Waals surface area contributed by atoms with E-state index in [1.807, 2.05) is 37.3 Å². The van der Waals surface area contributed by atoms with Crippen LogP contribution in [-0.4, -0.2) is 38.6 Å². The number of hydrogen-bond acceptors (Lipinski definition) is 9. The van der Waals surface area contributed by atoms with E-state index in [1.54, 1.807) is 30.3 Å². The van der Waals surface area contributed by atoms with Gasteiger partial charge in [-0.05, 0) is 53.9 Å². The summed E-state index contributed by atoms with van der Waals surface area (Å²) in [5, 5.41) is 20.7. The first kappa shape index (κ1) is 26.9. The fourth-order valence-corrected chi connectivity index (χ4v) is 6.04. The quantitative estimate of drug-likeness (QED) is 0.0811. The molecule has 8 nitrogen and oxygen atoms in total. The van der Waals surface area contributed by atoms with Crippen LogP contribution in [0.1, 0.15) is 36.1 Å². The van der Waals surface area contributed by atoms with E-state index >= 15 is 0 Å². The second kappa shape index (κ2) is 12.0. The highest BCUT2D eigenvalue weighted by molar-refractivity contribution is 8.00. The molecular formula is C28H23ClN4O4S2. The number of halogens is 1. The van der Waals surface area contributed by atoms with Crippen LogP contribution in [0, 0.1) is 0 Å². The monoisotopic (exact) mass is 578 g/mol. The van der Waals surface area contributed by atoms with Crippen LogP contribution in [0.4, 0.5) is 5.13 Å². The summed E-state index contributed by atoms with van der Waals surface area (Å²) < 4.78 is 6.44. The molecule has 1 unspecified atom stereocenters. The first-order valence-corrected chi connectivity index (χ1v) is 14.3. The molecule has 3 heterocycles. The van der Waals surface area contributed by atoms with Gasteiger partial charge in [0.2, 0.25) is 5.13 Å². The van der Waals surface area contributed by atoms with Gasteiger partial charge in [-0.1, -0.05) is 65.9 Å². The molecule has 0 saturated carbocycles. The molecule has 2 aromatic carbocycles. The third kappa shape index (κ3) is 5.83. The van der Waals surface area contributed by atoms with Crippen molar-refractivity contribution in [2.75, 3.05) is 11.5 Å². The molecule has 0 spiro atoms. The molecule has 0 bridgehead atoms. The van der Waals surface area contributed by atoms with Gasteiger partial charge in [0, 0.05) is 28.7 Å². The molecule has 2 aromatic heterocycles. The van der Waals surface area contributed by atoms with Crippen LogP contribution in [0.15, 0.2) is 83.0 Å². The molecule has 5 rings (SSSR count). The van der Waals surface area contributed by atoms with Gasteiger partial charge in [0.15, 0.2) is 4.34 Å². The average Bonchev–Trinajstić information content (AvgIpc) is 3.53. The molecule has 1 atom stereocenters. The van der Waals surface area contributed by atoms with Gasteiger partial charge >= 0.3 is 5.91 Å². The lowest BCUT2D eigenvalue weighted by Gasteiger charge is -2.23. The molecule has 1 aliphatic heterocycles. The Kier molecular flexibility index (Phi) is 8.25. The van der Waals surface area contributed by atoms with Crippen molar-refractivity contribution in [3.8, 4) is 5.75 Å². The van der Waals surface area contributed by atoms with E-state index in [4.69, 9.17) is 16.3 Å². The number of anilines is 1. The first-order chi connectivity index (χ1) is 19.0. The second-order valence-corrected chi connectivity index (χ2v) is 11.2. The predicted octanol–water partition coefficient (Wildman–Crippen LogP) is 6.29. The fraction of sp³-hybridized carbons (Fsp3) is 0.179. The molecular weight excluding hydrogens is 556 g/mol. The number of benzene rings is 2. The van der Waals surface area contributed by atoms with Gasteiger partial charge < -0.3 is 9.84 Å². The third-order valence-electron chi connectivity index (χ3n) is 5.92. The summed E-state index contributed by atoms with van der Waals surface area (Å²) in [6.07, 6.45) is 3.84. The van der Waals surface area contributed by atoms with E-state index in [9.17, 15) is 14.7 Å². The van der Waals surface area contributed by atoms with E-state index in [2.05, 4.69) is 15.2 Å². The van der Waals surface area contributed by atoms with Crippen LogP contribution in [-0.2, 0) is 15.3 Å². The number of aliphatic hydroxyl groups is 1. The summed E-state index contributed by atoms with van der Waals surface area (Å²) >= 11 is 8.65. The van der Waals surface area contributed by atoms with Gasteiger partial charge in [0.25, 0.3) is 5.78 Å². The van der Waals surface area contributed by atoms with Crippen LogP contribution < -0.4 is 9.64 Å². The summed E-state index contributed by atoms with van der Waals surface area (Å²) in [7, 11) is 0. The van der Waals surface area contributed by atoms with E-state index < -0.39 is 17.7 Å². The van der Waals surface area contributed by atoms with Crippen LogP contribution >= 0.6 is 34.7 Å². The molecule has 1 amide bonds. The zero-order chi connectivity index (χ0) is 27.4. The number of ether oxygens (including phenoxy) is 1. The van der Waals surface area contributed by atoms with Crippen LogP contribution in [0.2, 0.25) is 5.02 Å². The molecule has 0 radical (unpaired) electrons. The Balaban J connectivity index is 1.53. The lowest BCUT2D eigenvalue weighted by atomic mass is 9.95. The van der Waals surface area contributed by atoms with E-state index in [0.717, 1.165) is 12.0 Å². The Labute approximate surface area is 238 Å². The number of amides is 1. The summed E-state index contributed by atoms with van der Waals surface area (Å²) in [6.45, 7) is 2.52. The maximum Gasteiger partial charge on any atom is 0.301 e. The van der Waals surface area contributed by atoms with Crippen molar-refractivity contribution < 1.29 is 19.4 Å². The molecule has 0 aliphatic carbocycles. The number of nitrogens with zero attached hydrogens (tertiary/aromatic N) is 4. The summed E-state index contributed by atoms with van der Waals surface area (Å²) in [4.78, 5) is 32.1. The van der Waals surface area contributed by atoms with Crippen molar-refractivity contribution in [2.24, 2.45) is 0 Å². The zero-order valence-electron chi connectivity index (χ0n) is 20.8. The Morgan fingerprint density at radius 3 is 2.62 bits per heavy atom. The minimum atomic E-state index is -0.926. The Hall–Kier alpha value is -3.73. The van der Waals surface area contributed by atoms with Gasteiger partial charge in [-0.15, -0.1) is 10.2 Å². The van der Waals surface area contributed by atoms with Crippen LogP contribution in [0.3, 0.4) is 0 Å². The minimum Gasteiger partial charge on any atom is -0.507 e. The fourth-order valence-electron chi connectivity index (χ4n) is 4.09. The van der Waals surface area contributed by atoms with Crippen LogP contribution in [0.5, 0.6) is 5.75 Å². The highest BCUT2D eigenvalue weighted by atomic mass is 35.5. The molecule has 11 heteroatoms. The third-order valence-corrected chi connectivity index (χ3v) is 8.30. The number of ketones is 1. The predicted molar refractivity (Wildman–Crippen MR) is 152 cm³/mol. The number of thioether (sulfide) groups is 1. The van der Waals surface area contributed by atoms with E-state index in [1.165, 1.54) is 40.4 Å². The zero-order valence-corrected chi connectivity index (χ0v) is 23.2. The minimum absolute atomic E-state index is 0.0376. The van der Waals surface area contributed by atoms with Gasteiger partial charge in [-0.3, -0.25) is 19.5 Å². The summed E-state index contributed by atoms with van der Waals surface area (Å²) in [6, 6.07) is 16.9. The Morgan fingerprint density at radius 2 is 1.87 bits per heavy atom. The summed E-state index contributed by atoms with van der Waals surface area (Å²) in [5.74, 6) is -0.654. The highest BCUT2D eigenvalue weighted by Gasteiger charge is 2.48. The topological polar surface area (TPSA) is 106 Å². The summed E-state index contributed by atoms with van der Waals surface area (Å²) in [5.41, 5.74) is 2.00. The van der Waals surface area contributed by atoms with Gasteiger partial charge in [0.1, 0.15) is 11.5 Å². The highest BCUT2D eigenvalue weighted by Crippen LogP contribution is 2.44. The second-order valence-electron chi connectivity index (χ2n) is 8.59. The maximum atomic E-state index is 13.4. The van der Waals surface area contributed by atoms with E-state index in [-0.39, 0.29) is 16.5 Å². The molecule has 1 fully saturated rings. The number of Topliss-reactive ketones (excluding diaryl/α,β-unsaturated/α-hetero) is 1. The largest absolute Gasteiger partial charge is 0.507 e. The maximum absolute atomic E-state index is 13.4. The van der Waals surface area contributed by atoms with Crippen molar-refractivity contribution in [2.45, 2.75) is 29.5 Å². The standard InChI is InChI=1S/C28H23ClN4O4S2/c1-2-14-37-21-5-3-4-19(15-21)23-22(24(34)18-10-12-30-13-11-18)25(35)26(36)33(23)27-31-32-28(39-27)38-16-17-6-8-20(29)9-7-17/h3-13,15,23,34H,2,14,16H2,1H3/b24-22+. The first-order valence-electron chi connectivity index (χ1n) is 12.1. The van der Waals surface area contributed by atoms with Crippen molar-refractivity contribution >= 4 is 57.3 Å². The van der Waals surface area contributed by atoms with Crippen molar-refractivity contribution in [3.05, 3.63) is 100 Å². The average molecular weight is 579 g/mol. The number of carbonyl (C=O) groups excluding carboxylic acids is 2. The number of aliphatic hydroxyl groups excluding tert-OH is 1. The van der Waals surface area contributed by atoms with Gasteiger partial charge in [-0.25, -0.2) is 0 Å². The molecule has 1 N–H and O–H groups in total. The molecule has 39 heavy (non-hydrogen) atoms. The van der Waals surface area contributed by atoms with Crippen molar-refractivity contribution in [1.29, 1.82) is 0 Å². The molecule has 4 aromatic rings. The normalized spacial score (nSPS) is 16.6. The van der Waals surface area contributed by atoms with E-state index in [0.29, 0.717) is 38.6 Å². The number of hydrogen-bond donors (Lipinski definition) is 1. The molecule has 1 aliphatic rings. The number of rotatable bonds is 9. The van der Waals surface area contributed by atoms with Crippen molar-refractivity contribution in [1.82, 2.24) is 15.2 Å². The Bertz CT molecular complexity index is 1530. The smallest absolute Gasteiger partial charge is 0.301 e. The SMILES string of the molecule is CCCOc1cccc(C2/C(=C(\O)c3ccncc3)C(=O)C(=O)N2c2nnc(SCc3ccc(Cl)cc3)s2)c1. The van der Waals surface area contributed by atoms with Gasteiger partial charge in [-0.2, -0.15) is 0 Å². The molecule has 198 valence electrons. The number of carbonyl (C=O) groups is 2. The van der Waals surface area contributed by atoms with Gasteiger partial charge in [0.05, 0.1) is 18.2 Å². The lowest BCUT2D eigenvalue weighted by molar-refractivity contribution is -0.132. The lowest BCUT2D eigenvalue weighted by Crippen LogP contribution is -2.29. The number of aromatic nitrogens is 3. The molecule has 1 saturated heterocycles. The Morgan fingerprint density at radius 1 is 1.10 bits per heavy atom.